The maximum atomic E-state index is 11.9. The molecule has 0 saturated heterocycles. The molecule has 23 heavy (non-hydrogen) atoms. The first-order chi connectivity index (χ1) is 11.1. The normalized spacial score (nSPS) is 10.1. The number of aromatic carboxylic acids is 1. The third-order valence-electron chi connectivity index (χ3n) is 3.30. The van der Waals surface area contributed by atoms with Gasteiger partial charge in [-0.25, -0.2) is 4.79 Å². The number of nitrogens with one attached hydrogen (secondary N) is 1. The van der Waals surface area contributed by atoms with E-state index in [4.69, 9.17) is 5.11 Å². The summed E-state index contributed by atoms with van der Waals surface area (Å²) in [6.45, 7) is 0. The van der Waals surface area contributed by atoms with Crippen LogP contribution in [-0.4, -0.2) is 22.8 Å². The highest BCUT2D eigenvalue weighted by Crippen LogP contribution is 2.12. The number of carbonyl (C=O) groups is 3. The number of hydrogen-bond donors (Lipinski definition) is 2. The number of hydrogen-bond acceptors (Lipinski definition) is 3. The lowest BCUT2D eigenvalue weighted by Crippen LogP contribution is -2.12. The summed E-state index contributed by atoms with van der Waals surface area (Å²) in [6, 6.07) is 15.0. The Morgan fingerprint density at radius 2 is 1.57 bits per heavy atom. The Labute approximate surface area is 134 Å². The van der Waals surface area contributed by atoms with Crippen LogP contribution < -0.4 is 5.32 Å². The first-order valence-corrected chi connectivity index (χ1v) is 7.28. The first-order valence-electron chi connectivity index (χ1n) is 7.28. The molecule has 2 aromatic rings. The molecule has 1 amide bonds. The minimum absolute atomic E-state index is 0.00581. The molecule has 0 radical (unpaired) electrons. The number of amides is 1. The van der Waals surface area contributed by atoms with Crippen LogP contribution in [0.5, 0.6) is 0 Å². The van der Waals surface area contributed by atoms with Gasteiger partial charge in [-0.2, -0.15) is 0 Å². The second-order valence-corrected chi connectivity index (χ2v) is 5.08. The molecule has 0 aliphatic carbocycles. The van der Waals surface area contributed by atoms with Gasteiger partial charge in [-0.05, 0) is 24.6 Å². The molecular formula is C18H17NO4. The molecule has 0 spiro atoms. The summed E-state index contributed by atoms with van der Waals surface area (Å²) < 4.78 is 0. The number of carboxylic acid groups (broad SMARTS) is 1. The third-order valence-corrected chi connectivity index (χ3v) is 3.30. The quantitative estimate of drug-likeness (QED) is 0.768. The minimum atomic E-state index is -1.05. The summed E-state index contributed by atoms with van der Waals surface area (Å²) in [4.78, 5) is 34.6. The summed E-state index contributed by atoms with van der Waals surface area (Å²) in [5, 5.41) is 11.5. The van der Waals surface area contributed by atoms with E-state index in [1.165, 1.54) is 12.1 Å². The molecular weight excluding hydrogens is 294 g/mol. The van der Waals surface area contributed by atoms with Crippen LogP contribution >= 0.6 is 0 Å². The maximum Gasteiger partial charge on any atom is 0.335 e. The molecule has 2 N–H and O–H groups in total. The molecule has 5 nitrogen and oxygen atoms in total. The topological polar surface area (TPSA) is 83.5 Å². The van der Waals surface area contributed by atoms with Crippen LogP contribution in [0.2, 0.25) is 0 Å². The zero-order chi connectivity index (χ0) is 16.7. The lowest BCUT2D eigenvalue weighted by molar-refractivity contribution is -0.116. The minimum Gasteiger partial charge on any atom is -0.478 e. The van der Waals surface area contributed by atoms with Crippen LogP contribution in [0.4, 0.5) is 5.69 Å². The van der Waals surface area contributed by atoms with Crippen molar-refractivity contribution in [3.05, 3.63) is 65.7 Å². The largest absolute Gasteiger partial charge is 0.478 e. The number of ketones is 1. The first kappa shape index (κ1) is 16.4. The summed E-state index contributed by atoms with van der Waals surface area (Å²) >= 11 is 0. The van der Waals surface area contributed by atoms with E-state index in [1.807, 2.05) is 6.07 Å². The Morgan fingerprint density at radius 1 is 0.870 bits per heavy atom. The van der Waals surface area contributed by atoms with Crippen LogP contribution in [0, 0.1) is 0 Å². The second-order valence-electron chi connectivity index (χ2n) is 5.08. The number of benzene rings is 2. The van der Waals surface area contributed by atoms with Gasteiger partial charge in [0, 0.05) is 24.1 Å². The van der Waals surface area contributed by atoms with E-state index in [2.05, 4.69) is 5.32 Å². The van der Waals surface area contributed by atoms with Gasteiger partial charge in [-0.15, -0.1) is 0 Å². The zero-order valence-electron chi connectivity index (χ0n) is 12.5. The van der Waals surface area contributed by atoms with Crippen LogP contribution in [-0.2, 0) is 4.79 Å². The van der Waals surface area contributed by atoms with Crippen molar-refractivity contribution in [3.63, 3.8) is 0 Å². The number of carbonyl (C=O) groups excluding carboxylic acids is 2. The zero-order valence-corrected chi connectivity index (χ0v) is 12.5. The predicted octanol–water partition coefficient (Wildman–Crippen LogP) is 3.38. The number of anilines is 1. The smallest absolute Gasteiger partial charge is 0.335 e. The van der Waals surface area contributed by atoms with E-state index in [1.54, 1.807) is 36.4 Å². The fraction of sp³-hybridized carbons (Fsp3) is 0.167. The molecule has 0 atom stereocenters. The van der Waals surface area contributed by atoms with Crippen LogP contribution in [0.15, 0.2) is 54.6 Å². The predicted molar refractivity (Wildman–Crippen MR) is 86.7 cm³/mol. The molecule has 0 aromatic heterocycles. The average molecular weight is 311 g/mol. The Hall–Kier alpha value is -2.95. The van der Waals surface area contributed by atoms with Gasteiger partial charge in [0.15, 0.2) is 5.78 Å². The van der Waals surface area contributed by atoms with Gasteiger partial charge in [-0.3, -0.25) is 9.59 Å². The van der Waals surface area contributed by atoms with Crippen molar-refractivity contribution in [1.29, 1.82) is 0 Å². The van der Waals surface area contributed by atoms with E-state index in [0.29, 0.717) is 24.1 Å². The van der Waals surface area contributed by atoms with Crippen molar-refractivity contribution in [2.45, 2.75) is 19.3 Å². The van der Waals surface area contributed by atoms with Gasteiger partial charge >= 0.3 is 5.97 Å². The van der Waals surface area contributed by atoms with Crippen molar-refractivity contribution in [2.24, 2.45) is 0 Å². The van der Waals surface area contributed by atoms with Crippen molar-refractivity contribution >= 4 is 23.3 Å². The summed E-state index contributed by atoms with van der Waals surface area (Å²) in [6.07, 6.45) is 0.945. The van der Waals surface area contributed by atoms with Gasteiger partial charge in [0.1, 0.15) is 0 Å². The van der Waals surface area contributed by atoms with Gasteiger partial charge in [0.2, 0.25) is 5.91 Å². The summed E-state index contributed by atoms with van der Waals surface area (Å²) in [5.74, 6) is -1.28. The van der Waals surface area contributed by atoms with E-state index in [0.717, 1.165) is 0 Å². The molecule has 0 heterocycles. The van der Waals surface area contributed by atoms with Crippen molar-refractivity contribution in [3.8, 4) is 0 Å². The van der Waals surface area contributed by atoms with Crippen molar-refractivity contribution < 1.29 is 19.5 Å². The third kappa shape index (κ3) is 5.07. The second kappa shape index (κ2) is 7.89. The molecule has 0 aliphatic heterocycles. The van der Waals surface area contributed by atoms with Gasteiger partial charge in [-0.1, -0.05) is 36.4 Å². The Bertz CT molecular complexity index is 710. The fourth-order valence-electron chi connectivity index (χ4n) is 2.13. The molecule has 2 rings (SSSR count). The summed E-state index contributed by atoms with van der Waals surface area (Å²) in [5.41, 5.74) is 1.19. The lowest BCUT2D eigenvalue weighted by Gasteiger charge is -2.06. The van der Waals surface area contributed by atoms with Crippen LogP contribution in [0.25, 0.3) is 0 Å². The highest BCUT2D eigenvalue weighted by atomic mass is 16.4. The Balaban J connectivity index is 1.80. The van der Waals surface area contributed by atoms with Gasteiger partial charge in [0.25, 0.3) is 0 Å². The highest BCUT2D eigenvalue weighted by Gasteiger charge is 2.09. The lowest BCUT2D eigenvalue weighted by atomic mass is 10.1. The molecule has 0 saturated carbocycles. The van der Waals surface area contributed by atoms with Crippen molar-refractivity contribution in [2.75, 3.05) is 5.32 Å². The van der Waals surface area contributed by atoms with E-state index < -0.39 is 5.97 Å². The molecule has 0 aliphatic rings. The highest BCUT2D eigenvalue weighted by molar-refractivity contribution is 5.97. The number of Topliss-reactive ketones (excluding diaryl/α,β-unsaturated/α-hetero) is 1. The molecule has 118 valence electrons. The van der Waals surface area contributed by atoms with Crippen LogP contribution in [0.3, 0.4) is 0 Å². The SMILES string of the molecule is O=C(CCCC(=O)c1ccccc1)Nc1cccc(C(=O)O)c1. The molecule has 5 heteroatoms. The Kier molecular flexibility index (Phi) is 5.63. The van der Waals surface area contributed by atoms with Crippen LogP contribution in [0.1, 0.15) is 40.0 Å². The molecule has 0 bridgehead atoms. The van der Waals surface area contributed by atoms with Gasteiger partial charge < -0.3 is 10.4 Å². The van der Waals surface area contributed by atoms with E-state index >= 15 is 0 Å². The fourth-order valence-corrected chi connectivity index (χ4v) is 2.13. The maximum absolute atomic E-state index is 11.9. The monoisotopic (exact) mass is 311 g/mol. The standard InChI is InChI=1S/C18H17NO4/c20-16(13-6-2-1-3-7-13)10-5-11-17(21)19-15-9-4-8-14(12-15)18(22)23/h1-4,6-9,12H,5,10-11H2,(H,19,21)(H,22,23). The molecule has 2 aromatic carbocycles. The van der Waals surface area contributed by atoms with E-state index in [9.17, 15) is 14.4 Å². The molecule has 0 fully saturated rings. The average Bonchev–Trinajstić information content (AvgIpc) is 2.55. The molecule has 0 unspecified atom stereocenters. The van der Waals surface area contributed by atoms with Crippen molar-refractivity contribution in [1.82, 2.24) is 0 Å². The Morgan fingerprint density at radius 3 is 2.26 bits per heavy atom. The summed E-state index contributed by atoms with van der Waals surface area (Å²) in [7, 11) is 0. The number of rotatable bonds is 7. The van der Waals surface area contributed by atoms with Gasteiger partial charge in [0.05, 0.1) is 5.56 Å². The number of carboxylic acids is 1. The van der Waals surface area contributed by atoms with E-state index in [-0.39, 0.29) is 23.7 Å².